The molecule has 8 heteroatoms. The highest BCUT2D eigenvalue weighted by atomic mass is 16.4. The van der Waals surface area contributed by atoms with Crippen molar-refractivity contribution in [3.8, 4) is 0 Å². The van der Waals surface area contributed by atoms with Crippen molar-refractivity contribution in [1.82, 2.24) is 9.91 Å². The summed E-state index contributed by atoms with van der Waals surface area (Å²) in [4.78, 5) is 23.1. The quantitative estimate of drug-likeness (QED) is 0.156. The molecule has 1 unspecified atom stereocenters. The molecule has 7 nitrogen and oxygen atoms in total. The molecule has 0 radical (unpaired) electrons. The molecule has 84 valence electrons. The van der Waals surface area contributed by atoms with Gasteiger partial charge in [0.2, 0.25) is 12.3 Å². The van der Waals surface area contributed by atoms with Crippen molar-refractivity contribution >= 4 is 19.4 Å². The molecule has 1 heterocycles. The van der Waals surface area contributed by atoms with Crippen LogP contribution in [0.1, 0.15) is 12.8 Å². The summed E-state index contributed by atoms with van der Waals surface area (Å²) >= 11 is 0. The standard InChI is InChI=1S/C7H14BN3O4/c9-10(5-12)4-7(13)11-3-1-2-6(11)8(14)15/h5-6,14-15H,1-4,9H2. The first kappa shape index (κ1) is 12.0. The molecule has 0 aromatic heterocycles. The van der Waals surface area contributed by atoms with E-state index in [4.69, 9.17) is 15.9 Å². The van der Waals surface area contributed by atoms with E-state index in [1.54, 1.807) is 0 Å². The molecule has 0 aliphatic carbocycles. The zero-order chi connectivity index (χ0) is 11.4. The lowest BCUT2D eigenvalue weighted by atomic mass is 9.78. The van der Waals surface area contributed by atoms with Gasteiger partial charge in [0.25, 0.3) is 0 Å². The average molecular weight is 215 g/mol. The van der Waals surface area contributed by atoms with Crippen LogP contribution >= 0.6 is 0 Å². The largest absolute Gasteiger partial charge is 0.475 e. The summed E-state index contributed by atoms with van der Waals surface area (Å²) in [5.74, 6) is 4.20. The predicted octanol–water partition coefficient (Wildman–Crippen LogP) is -2.68. The van der Waals surface area contributed by atoms with E-state index >= 15 is 0 Å². The van der Waals surface area contributed by atoms with Crippen LogP contribution in [0.4, 0.5) is 0 Å². The van der Waals surface area contributed by atoms with E-state index in [1.807, 2.05) is 0 Å². The Morgan fingerprint density at radius 3 is 2.87 bits per heavy atom. The van der Waals surface area contributed by atoms with E-state index in [1.165, 1.54) is 4.90 Å². The van der Waals surface area contributed by atoms with Crippen LogP contribution in [0.3, 0.4) is 0 Å². The minimum absolute atomic E-state index is 0.243. The summed E-state index contributed by atoms with van der Waals surface area (Å²) in [6.45, 7) is 0.223. The second-order valence-corrected chi connectivity index (χ2v) is 3.49. The molecule has 0 spiro atoms. The Balaban J connectivity index is 2.54. The number of carbonyl (C=O) groups is 2. The number of amides is 2. The smallest absolute Gasteiger partial charge is 0.426 e. The average Bonchev–Trinajstić information content (AvgIpc) is 2.65. The summed E-state index contributed by atoms with van der Waals surface area (Å²) in [6.07, 6.45) is 1.62. The monoisotopic (exact) mass is 215 g/mol. The van der Waals surface area contributed by atoms with Gasteiger partial charge in [0.05, 0.1) is 5.94 Å². The van der Waals surface area contributed by atoms with E-state index in [9.17, 15) is 9.59 Å². The van der Waals surface area contributed by atoms with Crippen molar-refractivity contribution < 1.29 is 19.6 Å². The molecule has 0 aromatic rings. The number of nitrogens with two attached hydrogens (primary N) is 1. The van der Waals surface area contributed by atoms with E-state index in [-0.39, 0.29) is 12.5 Å². The van der Waals surface area contributed by atoms with Gasteiger partial charge in [-0.1, -0.05) is 0 Å². The molecule has 1 saturated heterocycles. The van der Waals surface area contributed by atoms with Gasteiger partial charge < -0.3 is 14.9 Å². The molecule has 2 amide bonds. The van der Waals surface area contributed by atoms with Gasteiger partial charge in [0.1, 0.15) is 6.54 Å². The van der Waals surface area contributed by atoms with E-state index in [2.05, 4.69) is 0 Å². The Morgan fingerprint density at radius 1 is 1.67 bits per heavy atom. The molecular formula is C7H14BN3O4. The summed E-state index contributed by atoms with van der Waals surface area (Å²) in [5, 5.41) is 18.7. The molecule has 0 saturated carbocycles. The van der Waals surface area contributed by atoms with Crippen molar-refractivity contribution in [3.05, 3.63) is 0 Å². The van der Waals surface area contributed by atoms with Crippen LogP contribution in [0.25, 0.3) is 0 Å². The van der Waals surface area contributed by atoms with Crippen LogP contribution in [-0.4, -0.2) is 58.4 Å². The molecule has 15 heavy (non-hydrogen) atoms. The van der Waals surface area contributed by atoms with Crippen LogP contribution in [0.5, 0.6) is 0 Å². The fourth-order valence-corrected chi connectivity index (χ4v) is 1.70. The lowest BCUT2D eigenvalue weighted by molar-refractivity contribution is -0.135. The van der Waals surface area contributed by atoms with Crippen LogP contribution in [-0.2, 0) is 9.59 Å². The molecule has 4 N–H and O–H groups in total. The Morgan fingerprint density at radius 2 is 2.33 bits per heavy atom. The van der Waals surface area contributed by atoms with Gasteiger partial charge >= 0.3 is 7.12 Å². The van der Waals surface area contributed by atoms with E-state index in [0.29, 0.717) is 19.4 Å². The Hall–Kier alpha value is -1.12. The van der Waals surface area contributed by atoms with Crippen molar-refractivity contribution in [1.29, 1.82) is 0 Å². The molecule has 1 rings (SSSR count). The fraction of sp³-hybridized carbons (Fsp3) is 0.714. The van der Waals surface area contributed by atoms with Gasteiger partial charge in [-0.05, 0) is 12.8 Å². The maximum Gasteiger partial charge on any atom is 0.475 e. The highest BCUT2D eigenvalue weighted by Gasteiger charge is 2.36. The second kappa shape index (κ2) is 5.10. The number of hydrazine groups is 1. The van der Waals surface area contributed by atoms with E-state index in [0.717, 1.165) is 11.4 Å². The first-order valence-corrected chi connectivity index (χ1v) is 4.68. The maximum absolute atomic E-state index is 11.6. The number of hydrogen-bond donors (Lipinski definition) is 3. The number of nitrogens with zero attached hydrogens (tertiary/aromatic N) is 2. The molecule has 0 aromatic carbocycles. The van der Waals surface area contributed by atoms with Gasteiger partial charge in [-0.2, -0.15) is 0 Å². The van der Waals surface area contributed by atoms with Crippen LogP contribution in [0.15, 0.2) is 0 Å². The number of likely N-dealkylation sites (tertiary alicyclic amines) is 1. The third kappa shape index (κ3) is 2.91. The zero-order valence-electron chi connectivity index (χ0n) is 8.24. The summed E-state index contributed by atoms with van der Waals surface area (Å²) < 4.78 is 0. The molecular weight excluding hydrogens is 201 g/mol. The second-order valence-electron chi connectivity index (χ2n) is 3.49. The molecule has 0 bridgehead atoms. The van der Waals surface area contributed by atoms with Crippen LogP contribution in [0.2, 0.25) is 0 Å². The van der Waals surface area contributed by atoms with Crippen LogP contribution < -0.4 is 5.84 Å². The van der Waals surface area contributed by atoms with Gasteiger partial charge in [0.15, 0.2) is 0 Å². The van der Waals surface area contributed by atoms with Crippen molar-refractivity contribution in [2.45, 2.75) is 18.8 Å². The minimum atomic E-state index is -1.54. The fourth-order valence-electron chi connectivity index (χ4n) is 1.70. The molecule has 1 aliphatic rings. The predicted molar refractivity (Wildman–Crippen MR) is 51.9 cm³/mol. The van der Waals surface area contributed by atoms with Gasteiger partial charge in [-0.3, -0.25) is 14.6 Å². The van der Waals surface area contributed by atoms with E-state index < -0.39 is 13.1 Å². The Labute approximate surface area is 87.6 Å². The maximum atomic E-state index is 11.6. The Kier molecular flexibility index (Phi) is 4.07. The molecule has 1 aliphatic heterocycles. The van der Waals surface area contributed by atoms with Crippen molar-refractivity contribution in [3.63, 3.8) is 0 Å². The lowest BCUT2D eigenvalue weighted by Gasteiger charge is -2.25. The van der Waals surface area contributed by atoms with Gasteiger partial charge in [-0.25, -0.2) is 5.84 Å². The number of rotatable bonds is 4. The third-order valence-corrected chi connectivity index (χ3v) is 2.42. The van der Waals surface area contributed by atoms with Crippen molar-refractivity contribution in [2.75, 3.05) is 13.1 Å². The highest BCUT2D eigenvalue weighted by molar-refractivity contribution is 6.43. The SMILES string of the molecule is NN(C=O)CC(=O)N1CCCC1B(O)O. The summed E-state index contributed by atoms with van der Waals surface area (Å²) in [7, 11) is -1.54. The first-order valence-electron chi connectivity index (χ1n) is 4.68. The van der Waals surface area contributed by atoms with Crippen molar-refractivity contribution in [2.24, 2.45) is 5.84 Å². The zero-order valence-corrected chi connectivity index (χ0v) is 8.24. The number of hydrogen-bond acceptors (Lipinski definition) is 5. The van der Waals surface area contributed by atoms with Crippen LogP contribution in [0, 0.1) is 0 Å². The molecule has 1 fully saturated rings. The molecule has 1 atom stereocenters. The minimum Gasteiger partial charge on any atom is -0.426 e. The highest BCUT2D eigenvalue weighted by Crippen LogP contribution is 2.17. The van der Waals surface area contributed by atoms with Gasteiger partial charge in [0, 0.05) is 6.54 Å². The number of carbonyl (C=O) groups excluding carboxylic acids is 2. The third-order valence-electron chi connectivity index (χ3n) is 2.42. The normalized spacial score (nSPS) is 20.2. The topological polar surface area (TPSA) is 107 Å². The Bertz CT molecular complexity index is 250. The lowest BCUT2D eigenvalue weighted by Crippen LogP contribution is -2.49. The first-order chi connectivity index (χ1) is 7.06. The summed E-state index contributed by atoms with van der Waals surface area (Å²) in [6, 6.07) is 0. The summed E-state index contributed by atoms with van der Waals surface area (Å²) in [5.41, 5.74) is 0. The van der Waals surface area contributed by atoms with Gasteiger partial charge in [-0.15, -0.1) is 0 Å².